The fourth-order valence-corrected chi connectivity index (χ4v) is 16.2. The van der Waals surface area contributed by atoms with Crippen LogP contribution in [0.4, 0.5) is 17.1 Å². The summed E-state index contributed by atoms with van der Waals surface area (Å²) in [6.45, 7) is 0. The molecule has 1 heterocycles. The van der Waals surface area contributed by atoms with Crippen LogP contribution in [0.25, 0.3) is 60.9 Å². The van der Waals surface area contributed by atoms with Gasteiger partial charge in [-0.2, -0.15) is 0 Å². The number of fused-ring (bicyclic) bond motifs is 12. The van der Waals surface area contributed by atoms with Crippen molar-refractivity contribution < 1.29 is 0 Å². The van der Waals surface area contributed by atoms with Crippen molar-refractivity contribution in [2.45, 2.75) is 42.9 Å². The normalized spacial score (nSPS) is 21.3. The minimum absolute atomic E-state index is 0.0246. The van der Waals surface area contributed by atoms with E-state index in [1.54, 1.807) is 11.1 Å². The Kier molecular flexibility index (Phi) is 8.88. The van der Waals surface area contributed by atoms with Gasteiger partial charge in [0.05, 0.1) is 22.1 Å². The van der Waals surface area contributed by atoms with Crippen molar-refractivity contribution in [2.75, 3.05) is 4.90 Å². The largest absolute Gasteiger partial charge is 0.310 e. The average molecular weight is 935 g/mol. The second-order valence-corrected chi connectivity index (χ2v) is 22.0. The van der Waals surface area contributed by atoms with Gasteiger partial charge in [-0.25, -0.2) is 0 Å². The highest BCUT2D eigenvalue weighted by Crippen LogP contribution is 2.71. The first kappa shape index (κ1) is 41.4. The smallest absolute Gasteiger partial charge is 0.0720 e. The van der Waals surface area contributed by atoms with Gasteiger partial charge in [-0.15, -0.1) is 0 Å². The lowest BCUT2D eigenvalue weighted by molar-refractivity contribution is -0.0440. The number of nitrogens with zero attached hydrogens (tertiary/aromatic N) is 2. The molecular weight excluding hydrogens is 881 g/mol. The third kappa shape index (κ3) is 5.70. The third-order valence-corrected chi connectivity index (χ3v) is 18.7. The average Bonchev–Trinajstić information content (AvgIpc) is 3.95. The third-order valence-electron chi connectivity index (χ3n) is 18.7. The Hall–Kier alpha value is -8.20. The summed E-state index contributed by atoms with van der Waals surface area (Å²) in [5.41, 5.74) is 23.1. The van der Waals surface area contributed by atoms with E-state index in [0.29, 0.717) is 11.8 Å². The Bertz CT molecular complexity index is 3860. The Morgan fingerprint density at radius 1 is 0.329 bits per heavy atom. The van der Waals surface area contributed by atoms with Gasteiger partial charge in [-0.1, -0.05) is 188 Å². The second kappa shape index (κ2) is 15.6. The van der Waals surface area contributed by atoms with Gasteiger partial charge < -0.3 is 9.47 Å². The molecule has 0 atom stereocenters. The predicted octanol–water partition coefficient (Wildman–Crippen LogP) is 18.0. The lowest BCUT2D eigenvalue weighted by Gasteiger charge is -2.65. The summed E-state index contributed by atoms with van der Waals surface area (Å²) in [7, 11) is 0. The molecule has 17 rings (SSSR count). The Morgan fingerprint density at radius 2 is 0.781 bits per heavy atom. The highest BCUT2D eigenvalue weighted by molar-refractivity contribution is 6.09. The maximum atomic E-state index is 2.66. The summed E-state index contributed by atoms with van der Waals surface area (Å²) in [6, 6.07) is 92.3. The molecule has 4 fully saturated rings. The summed E-state index contributed by atoms with van der Waals surface area (Å²) in [4.78, 5) is 2.53. The van der Waals surface area contributed by atoms with E-state index in [0.717, 1.165) is 23.2 Å². The molecule has 10 aromatic carbocycles. The quantitative estimate of drug-likeness (QED) is 0.161. The van der Waals surface area contributed by atoms with Crippen LogP contribution in [0.2, 0.25) is 0 Å². The first-order valence-electron chi connectivity index (χ1n) is 26.8. The van der Waals surface area contributed by atoms with E-state index in [1.807, 2.05) is 0 Å². The van der Waals surface area contributed by atoms with Crippen LogP contribution in [0.1, 0.15) is 65.5 Å². The summed E-state index contributed by atoms with van der Waals surface area (Å²) >= 11 is 0. The van der Waals surface area contributed by atoms with Gasteiger partial charge in [0.1, 0.15) is 0 Å². The molecule has 2 spiro atoms. The van der Waals surface area contributed by atoms with Crippen LogP contribution in [0.15, 0.2) is 243 Å². The van der Waals surface area contributed by atoms with Crippen molar-refractivity contribution in [1.29, 1.82) is 0 Å². The molecule has 4 bridgehead atoms. The molecule has 0 unspecified atom stereocenters. The molecule has 0 aliphatic heterocycles. The van der Waals surface area contributed by atoms with E-state index in [4.69, 9.17) is 0 Å². The van der Waals surface area contributed by atoms with Crippen LogP contribution < -0.4 is 4.90 Å². The summed E-state index contributed by atoms with van der Waals surface area (Å²) < 4.78 is 2.45. The number of hydrogen-bond donors (Lipinski definition) is 0. The molecule has 348 valence electrons. The minimum atomic E-state index is -0.474. The monoisotopic (exact) mass is 934 g/mol. The maximum Gasteiger partial charge on any atom is 0.0720 e. The van der Waals surface area contributed by atoms with Crippen LogP contribution in [0, 0.1) is 23.7 Å². The van der Waals surface area contributed by atoms with Crippen LogP contribution in [0.5, 0.6) is 0 Å². The zero-order valence-electron chi connectivity index (χ0n) is 40.8. The molecule has 0 saturated heterocycles. The van der Waals surface area contributed by atoms with Crippen molar-refractivity contribution in [3.05, 3.63) is 276 Å². The number of para-hydroxylation sites is 3. The molecule has 11 aromatic rings. The lowest BCUT2D eigenvalue weighted by Crippen LogP contribution is -2.59. The van der Waals surface area contributed by atoms with E-state index in [1.165, 1.54) is 121 Å². The van der Waals surface area contributed by atoms with Gasteiger partial charge in [0.15, 0.2) is 0 Å². The SMILES string of the molecule is c1ccc(-c2ccc(N(c3ccc(-c4ccccc4-n4c5ccccc5c5ccccc54)cc3)c3ccc4c(c3)C3(c5ccccc5-c5ccccc53)c3ccccc3C43C4CC5CC(C4)CC3C5)cc2)cc1. The Labute approximate surface area is 427 Å². The van der Waals surface area contributed by atoms with Gasteiger partial charge in [-0.3, -0.25) is 0 Å². The van der Waals surface area contributed by atoms with E-state index in [9.17, 15) is 0 Å². The fourth-order valence-electron chi connectivity index (χ4n) is 16.2. The maximum absolute atomic E-state index is 2.66. The number of rotatable bonds is 6. The highest BCUT2D eigenvalue weighted by atomic mass is 15.1. The summed E-state index contributed by atoms with van der Waals surface area (Å²) in [6.07, 6.45) is 6.80. The summed E-state index contributed by atoms with van der Waals surface area (Å²) in [5.74, 6) is 2.99. The van der Waals surface area contributed by atoms with Gasteiger partial charge in [0, 0.05) is 38.8 Å². The zero-order valence-corrected chi connectivity index (χ0v) is 40.8. The molecule has 6 aliphatic rings. The fraction of sp³-hybridized carbons (Fsp3) is 0.155. The van der Waals surface area contributed by atoms with Crippen LogP contribution in [0.3, 0.4) is 0 Å². The van der Waals surface area contributed by atoms with E-state index >= 15 is 0 Å². The molecule has 1 aromatic heterocycles. The number of benzene rings is 10. The van der Waals surface area contributed by atoms with Gasteiger partial charge in [-0.05, 0) is 172 Å². The van der Waals surface area contributed by atoms with Gasteiger partial charge in [0.2, 0.25) is 0 Å². The van der Waals surface area contributed by atoms with Crippen molar-refractivity contribution >= 4 is 38.9 Å². The van der Waals surface area contributed by atoms with Gasteiger partial charge in [0.25, 0.3) is 0 Å². The van der Waals surface area contributed by atoms with Crippen LogP contribution in [-0.4, -0.2) is 4.57 Å². The second-order valence-electron chi connectivity index (χ2n) is 22.0. The molecule has 0 N–H and O–H groups in total. The minimum Gasteiger partial charge on any atom is -0.310 e. The van der Waals surface area contributed by atoms with Crippen LogP contribution >= 0.6 is 0 Å². The molecule has 4 saturated carbocycles. The van der Waals surface area contributed by atoms with E-state index in [-0.39, 0.29) is 5.41 Å². The number of hydrogen-bond acceptors (Lipinski definition) is 1. The topological polar surface area (TPSA) is 8.17 Å². The number of aromatic nitrogens is 1. The number of anilines is 3. The Morgan fingerprint density at radius 3 is 1.40 bits per heavy atom. The molecule has 6 aliphatic carbocycles. The zero-order chi connectivity index (χ0) is 47.8. The molecule has 73 heavy (non-hydrogen) atoms. The van der Waals surface area contributed by atoms with Crippen molar-refractivity contribution in [2.24, 2.45) is 23.7 Å². The first-order valence-corrected chi connectivity index (χ1v) is 26.8. The van der Waals surface area contributed by atoms with Crippen molar-refractivity contribution in [1.82, 2.24) is 4.57 Å². The lowest BCUT2D eigenvalue weighted by atomic mass is 9.38. The molecule has 0 amide bonds. The van der Waals surface area contributed by atoms with E-state index < -0.39 is 5.41 Å². The Balaban J connectivity index is 0.918. The highest BCUT2D eigenvalue weighted by Gasteiger charge is 2.64. The molecule has 2 heteroatoms. The van der Waals surface area contributed by atoms with Gasteiger partial charge >= 0.3 is 0 Å². The van der Waals surface area contributed by atoms with Crippen molar-refractivity contribution in [3.63, 3.8) is 0 Å². The molecular formula is C71H54N2. The van der Waals surface area contributed by atoms with E-state index in [2.05, 4.69) is 252 Å². The standard InChI is InChI=1S/C71H54N2/c1-2-16-48(17-3-1)49-30-34-53(35-31-49)72(54-36-32-50(33-37-54)56-18-6-13-27-67(56)73-68-28-14-7-21-59(68)60-22-8-15-29-69(60)73)55-38-39-65-66(45-55)71(61-23-9-4-19-57(61)58-20-5-10-24-62(58)71)64-26-12-11-25-63(64)70(65)51-41-46-40-47(43-51)44-52(70)42-46/h1-39,45-47,51-52H,40-44H2. The predicted molar refractivity (Wildman–Crippen MR) is 301 cm³/mol. The molecule has 2 nitrogen and oxygen atoms in total. The first-order chi connectivity index (χ1) is 36.2. The molecule has 0 radical (unpaired) electrons. The van der Waals surface area contributed by atoms with Crippen molar-refractivity contribution in [3.8, 4) is 39.1 Å². The van der Waals surface area contributed by atoms with Crippen LogP contribution in [-0.2, 0) is 10.8 Å². The summed E-state index contributed by atoms with van der Waals surface area (Å²) in [5, 5.41) is 2.54.